The van der Waals surface area contributed by atoms with E-state index in [0.29, 0.717) is 17.6 Å². The normalized spacial score (nSPS) is 10.3. The van der Waals surface area contributed by atoms with Gasteiger partial charge in [-0.25, -0.2) is 4.98 Å². The lowest BCUT2D eigenvalue weighted by Crippen LogP contribution is -1.96. The van der Waals surface area contributed by atoms with Crippen molar-refractivity contribution < 1.29 is 9.26 Å². The number of hydrogen-bond acceptors (Lipinski definition) is 5. The lowest BCUT2D eigenvalue weighted by Gasteiger charge is -1.99. The summed E-state index contributed by atoms with van der Waals surface area (Å²) >= 11 is 5.64. The molecular formula is C9H8ClN3O2. The molecule has 0 aromatic carbocycles. The zero-order valence-electron chi connectivity index (χ0n) is 7.98. The molecule has 0 amide bonds. The third-order valence-electron chi connectivity index (χ3n) is 1.66. The van der Waals surface area contributed by atoms with E-state index in [2.05, 4.69) is 15.1 Å². The summed E-state index contributed by atoms with van der Waals surface area (Å²) in [4.78, 5) is 7.81. The highest BCUT2D eigenvalue weighted by Gasteiger charge is 2.03. The van der Waals surface area contributed by atoms with Crippen LogP contribution in [0.1, 0.15) is 11.4 Å². The average Bonchev–Trinajstić information content (AvgIpc) is 2.64. The third kappa shape index (κ3) is 2.66. The minimum Gasteiger partial charge on any atom is -0.444 e. The minimum atomic E-state index is 0.155. The molecule has 0 aliphatic carbocycles. The number of aryl methyl sites for hydroxylation is 1. The summed E-state index contributed by atoms with van der Waals surface area (Å²) in [6.45, 7) is 2.05. The fourth-order valence-corrected chi connectivity index (χ4v) is 1.09. The molecule has 2 aromatic rings. The molecule has 78 valence electrons. The molecule has 2 heterocycles. The lowest BCUT2D eigenvalue weighted by molar-refractivity contribution is 0.195. The largest absolute Gasteiger partial charge is 0.444 e. The first kappa shape index (κ1) is 9.92. The molecule has 15 heavy (non-hydrogen) atoms. The molecule has 0 N–H and O–H groups in total. The Bertz CT molecular complexity index is 441. The SMILES string of the molecule is Cc1noc(OCc2ccc(Cl)nc2)n1. The maximum atomic E-state index is 5.64. The van der Waals surface area contributed by atoms with Crippen LogP contribution >= 0.6 is 11.6 Å². The van der Waals surface area contributed by atoms with Gasteiger partial charge in [0.15, 0.2) is 5.82 Å². The van der Waals surface area contributed by atoms with E-state index < -0.39 is 0 Å². The predicted octanol–water partition coefficient (Wildman–Crippen LogP) is 2.01. The Morgan fingerprint density at radius 3 is 2.93 bits per heavy atom. The molecule has 0 fully saturated rings. The van der Waals surface area contributed by atoms with Crippen LogP contribution in [-0.2, 0) is 6.61 Å². The van der Waals surface area contributed by atoms with Gasteiger partial charge in [0.2, 0.25) is 0 Å². The number of halogens is 1. The number of hydrogen-bond donors (Lipinski definition) is 0. The van der Waals surface area contributed by atoms with Crippen LogP contribution in [0.5, 0.6) is 6.08 Å². The Balaban J connectivity index is 1.96. The van der Waals surface area contributed by atoms with Crippen molar-refractivity contribution >= 4 is 11.6 Å². The van der Waals surface area contributed by atoms with E-state index in [1.54, 1.807) is 19.2 Å². The van der Waals surface area contributed by atoms with Crippen LogP contribution in [0.2, 0.25) is 5.15 Å². The molecule has 0 saturated carbocycles. The summed E-state index contributed by atoms with van der Waals surface area (Å²) in [5.74, 6) is 0.541. The molecule has 0 aliphatic heterocycles. The van der Waals surface area contributed by atoms with Gasteiger partial charge < -0.3 is 4.74 Å². The highest BCUT2D eigenvalue weighted by atomic mass is 35.5. The Morgan fingerprint density at radius 2 is 2.33 bits per heavy atom. The zero-order chi connectivity index (χ0) is 10.7. The van der Waals surface area contributed by atoms with E-state index in [0.717, 1.165) is 5.56 Å². The van der Waals surface area contributed by atoms with Crippen molar-refractivity contribution in [2.45, 2.75) is 13.5 Å². The quantitative estimate of drug-likeness (QED) is 0.748. The van der Waals surface area contributed by atoms with Crippen molar-refractivity contribution in [1.82, 2.24) is 15.1 Å². The molecule has 0 saturated heterocycles. The van der Waals surface area contributed by atoms with Gasteiger partial charge in [-0.05, 0) is 13.0 Å². The Labute approximate surface area is 91.0 Å². The van der Waals surface area contributed by atoms with Gasteiger partial charge in [0.1, 0.15) is 11.8 Å². The molecule has 2 aromatic heterocycles. The Kier molecular flexibility index (Phi) is 2.82. The zero-order valence-corrected chi connectivity index (χ0v) is 8.73. The van der Waals surface area contributed by atoms with Crippen LogP contribution in [0, 0.1) is 6.92 Å². The number of rotatable bonds is 3. The van der Waals surface area contributed by atoms with Crippen molar-refractivity contribution in [2.75, 3.05) is 0 Å². The molecule has 0 radical (unpaired) electrons. The Morgan fingerprint density at radius 1 is 1.47 bits per heavy atom. The second kappa shape index (κ2) is 4.27. The van der Waals surface area contributed by atoms with Gasteiger partial charge in [-0.15, -0.1) is 0 Å². The van der Waals surface area contributed by atoms with Gasteiger partial charge in [0.05, 0.1) is 0 Å². The molecule has 0 aliphatic rings. The fourth-order valence-electron chi connectivity index (χ4n) is 0.974. The van der Waals surface area contributed by atoms with Crippen molar-refractivity contribution in [3.63, 3.8) is 0 Å². The summed E-state index contributed by atoms with van der Waals surface area (Å²) in [5.41, 5.74) is 0.884. The maximum absolute atomic E-state index is 5.64. The second-order valence-corrected chi connectivity index (χ2v) is 3.27. The topological polar surface area (TPSA) is 61.0 Å². The van der Waals surface area contributed by atoms with Gasteiger partial charge in [-0.1, -0.05) is 22.8 Å². The number of ether oxygens (including phenoxy) is 1. The van der Waals surface area contributed by atoms with Crippen molar-refractivity contribution in [2.24, 2.45) is 0 Å². The fraction of sp³-hybridized carbons (Fsp3) is 0.222. The van der Waals surface area contributed by atoms with Crippen LogP contribution in [0.4, 0.5) is 0 Å². The number of nitrogens with zero attached hydrogens (tertiary/aromatic N) is 3. The highest BCUT2D eigenvalue weighted by molar-refractivity contribution is 6.29. The average molecular weight is 226 g/mol. The lowest BCUT2D eigenvalue weighted by atomic mass is 10.3. The molecule has 0 unspecified atom stereocenters. The molecule has 2 rings (SSSR count). The van der Waals surface area contributed by atoms with E-state index in [-0.39, 0.29) is 6.08 Å². The van der Waals surface area contributed by atoms with E-state index in [1.807, 2.05) is 6.07 Å². The first-order valence-electron chi connectivity index (χ1n) is 4.27. The van der Waals surface area contributed by atoms with Gasteiger partial charge in [-0.3, -0.25) is 4.52 Å². The summed E-state index contributed by atoms with van der Waals surface area (Å²) < 4.78 is 10.0. The number of pyridine rings is 1. The van der Waals surface area contributed by atoms with Crippen molar-refractivity contribution in [1.29, 1.82) is 0 Å². The summed E-state index contributed by atoms with van der Waals surface area (Å²) in [7, 11) is 0. The van der Waals surface area contributed by atoms with Gasteiger partial charge in [0, 0.05) is 11.8 Å². The Hall–Kier alpha value is -1.62. The first-order valence-corrected chi connectivity index (χ1v) is 4.65. The smallest absolute Gasteiger partial charge is 0.417 e. The van der Waals surface area contributed by atoms with Crippen molar-refractivity contribution in [3.8, 4) is 6.08 Å². The van der Waals surface area contributed by atoms with Crippen LogP contribution in [0.15, 0.2) is 22.9 Å². The monoisotopic (exact) mass is 225 g/mol. The summed E-state index contributed by atoms with van der Waals surface area (Å²) in [5, 5.41) is 4.05. The predicted molar refractivity (Wildman–Crippen MR) is 52.6 cm³/mol. The van der Waals surface area contributed by atoms with E-state index in [4.69, 9.17) is 20.9 Å². The highest BCUT2D eigenvalue weighted by Crippen LogP contribution is 2.10. The second-order valence-electron chi connectivity index (χ2n) is 2.89. The molecule has 0 spiro atoms. The summed E-state index contributed by atoms with van der Waals surface area (Å²) in [6, 6.07) is 3.51. The standard InChI is InChI=1S/C9H8ClN3O2/c1-6-12-9(15-13-6)14-5-7-2-3-8(10)11-4-7/h2-4H,5H2,1H3. The molecular weight excluding hydrogens is 218 g/mol. The van der Waals surface area contributed by atoms with E-state index in [9.17, 15) is 0 Å². The van der Waals surface area contributed by atoms with Gasteiger partial charge in [0.25, 0.3) is 0 Å². The van der Waals surface area contributed by atoms with Gasteiger partial charge in [-0.2, -0.15) is 4.98 Å². The number of aromatic nitrogens is 3. The third-order valence-corrected chi connectivity index (χ3v) is 1.88. The van der Waals surface area contributed by atoms with Crippen LogP contribution in [0.3, 0.4) is 0 Å². The molecule has 0 atom stereocenters. The molecule has 6 heteroatoms. The van der Waals surface area contributed by atoms with Gasteiger partial charge >= 0.3 is 6.08 Å². The van der Waals surface area contributed by atoms with Crippen molar-refractivity contribution in [3.05, 3.63) is 34.9 Å². The van der Waals surface area contributed by atoms with E-state index in [1.165, 1.54) is 0 Å². The van der Waals surface area contributed by atoms with Crippen LogP contribution in [-0.4, -0.2) is 15.1 Å². The van der Waals surface area contributed by atoms with Crippen LogP contribution < -0.4 is 4.74 Å². The van der Waals surface area contributed by atoms with E-state index >= 15 is 0 Å². The van der Waals surface area contributed by atoms with Crippen LogP contribution in [0.25, 0.3) is 0 Å². The summed E-state index contributed by atoms with van der Waals surface area (Å²) in [6.07, 6.45) is 1.79. The first-order chi connectivity index (χ1) is 7.24. The molecule has 0 bridgehead atoms. The minimum absolute atomic E-state index is 0.155. The maximum Gasteiger partial charge on any atom is 0.417 e. The molecule has 5 nitrogen and oxygen atoms in total.